The Morgan fingerprint density at radius 3 is 2.50 bits per heavy atom. The van der Waals surface area contributed by atoms with Crippen LogP contribution >= 0.6 is 11.3 Å². The molecule has 0 saturated carbocycles. The van der Waals surface area contributed by atoms with Gasteiger partial charge in [-0.15, -0.1) is 11.3 Å². The van der Waals surface area contributed by atoms with E-state index in [1.165, 1.54) is 15.9 Å². The topological polar surface area (TPSA) is 66.5 Å². The quantitative estimate of drug-likeness (QED) is 0.698. The van der Waals surface area contributed by atoms with Gasteiger partial charge >= 0.3 is 0 Å². The van der Waals surface area contributed by atoms with E-state index < -0.39 is 10.0 Å². The molecule has 0 fully saturated rings. The number of carbonyl (C=O) groups excluding carboxylic acids is 1. The van der Waals surface area contributed by atoms with E-state index in [9.17, 15) is 13.2 Å². The van der Waals surface area contributed by atoms with Gasteiger partial charge in [-0.05, 0) is 34.6 Å². The van der Waals surface area contributed by atoms with Crippen LogP contribution in [-0.2, 0) is 29.5 Å². The van der Waals surface area contributed by atoms with Crippen LogP contribution in [0.1, 0.15) is 26.4 Å². The molecular weight excluding hydrogens is 392 g/mol. The Labute approximate surface area is 168 Å². The summed E-state index contributed by atoms with van der Waals surface area (Å²) in [5, 5.41) is 4.48. The van der Waals surface area contributed by atoms with Gasteiger partial charge in [0.05, 0.1) is 0 Å². The summed E-state index contributed by atoms with van der Waals surface area (Å²) in [6, 6.07) is 18.9. The van der Waals surface area contributed by atoms with Crippen LogP contribution in [0.25, 0.3) is 0 Å². The molecule has 1 amide bonds. The molecule has 0 saturated heterocycles. The number of fused-ring (bicyclic) bond motifs is 1. The van der Waals surface area contributed by atoms with E-state index in [4.69, 9.17) is 0 Å². The average molecular weight is 413 g/mol. The van der Waals surface area contributed by atoms with Crippen molar-refractivity contribution in [1.82, 2.24) is 9.62 Å². The van der Waals surface area contributed by atoms with Gasteiger partial charge in [0, 0.05) is 19.6 Å². The highest BCUT2D eigenvalue weighted by molar-refractivity contribution is 7.89. The molecule has 4 rings (SSSR count). The van der Waals surface area contributed by atoms with Gasteiger partial charge in [-0.1, -0.05) is 54.6 Å². The number of rotatable bonds is 5. The zero-order valence-corrected chi connectivity index (χ0v) is 16.8. The van der Waals surface area contributed by atoms with E-state index in [0.29, 0.717) is 26.1 Å². The second-order valence-electron chi connectivity index (χ2n) is 6.64. The second-order valence-corrected chi connectivity index (χ2v) is 9.46. The zero-order chi connectivity index (χ0) is 19.6. The van der Waals surface area contributed by atoms with Crippen molar-refractivity contribution in [3.05, 3.63) is 87.6 Å². The van der Waals surface area contributed by atoms with Crippen molar-refractivity contribution in [3.8, 4) is 0 Å². The van der Waals surface area contributed by atoms with Gasteiger partial charge in [0.1, 0.15) is 9.77 Å². The normalized spacial score (nSPS) is 14.4. The van der Waals surface area contributed by atoms with Gasteiger partial charge in [-0.25, -0.2) is 8.42 Å². The van der Waals surface area contributed by atoms with Gasteiger partial charge in [0.15, 0.2) is 0 Å². The molecule has 0 spiro atoms. The van der Waals surface area contributed by atoms with Gasteiger partial charge in [-0.2, -0.15) is 4.31 Å². The molecule has 0 aliphatic carbocycles. The van der Waals surface area contributed by atoms with Gasteiger partial charge < -0.3 is 5.32 Å². The number of sulfonamides is 1. The number of nitrogens with zero attached hydrogens (tertiary/aromatic N) is 1. The van der Waals surface area contributed by atoms with Crippen LogP contribution in [0.15, 0.2) is 70.9 Å². The van der Waals surface area contributed by atoms with Crippen molar-refractivity contribution in [1.29, 1.82) is 0 Å². The summed E-state index contributed by atoms with van der Waals surface area (Å²) in [6.07, 6.45) is 0.676. The molecule has 3 aromatic rings. The van der Waals surface area contributed by atoms with E-state index in [0.717, 1.165) is 22.5 Å². The zero-order valence-electron chi connectivity index (χ0n) is 15.2. The number of amides is 1. The first-order chi connectivity index (χ1) is 13.6. The largest absolute Gasteiger partial charge is 0.347 e. The molecular formula is C21H20N2O3S2. The summed E-state index contributed by atoms with van der Waals surface area (Å²) >= 11 is 1.15. The number of hydrogen-bond acceptors (Lipinski definition) is 4. The maximum absolute atomic E-state index is 13.2. The predicted molar refractivity (Wildman–Crippen MR) is 110 cm³/mol. The third-order valence-corrected chi connectivity index (χ3v) is 7.77. The van der Waals surface area contributed by atoms with Crippen LogP contribution in [0.4, 0.5) is 0 Å². The lowest BCUT2D eigenvalue weighted by atomic mass is 10.0. The monoisotopic (exact) mass is 412 g/mol. The fraction of sp³-hybridized carbons (Fsp3) is 0.190. The molecule has 1 aromatic heterocycles. The molecule has 144 valence electrons. The highest BCUT2D eigenvalue weighted by Crippen LogP contribution is 2.29. The summed E-state index contributed by atoms with van der Waals surface area (Å²) in [4.78, 5) is 13.0. The lowest BCUT2D eigenvalue weighted by Crippen LogP contribution is -2.36. The van der Waals surface area contributed by atoms with Crippen molar-refractivity contribution in [2.24, 2.45) is 0 Å². The van der Waals surface area contributed by atoms with Crippen molar-refractivity contribution in [2.75, 3.05) is 6.54 Å². The molecule has 0 unspecified atom stereocenters. The number of nitrogens with one attached hydrogen (secondary N) is 1. The minimum atomic E-state index is -3.74. The van der Waals surface area contributed by atoms with Crippen LogP contribution in [0, 0.1) is 0 Å². The van der Waals surface area contributed by atoms with Crippen LogP contribution in [-0.4, -0.2) is 25.2 Å². The van der Waals surface area contributed by atoms with Crippen molar-refractivity contribution in [2.45, 2.75) is 24.4 Å². The Morgan fingerprint density at radius 2 is 1.71 bits per heavy atom. The van der Waals surface area contributed by atoms with E-state index in [1.54, 1.807) is 5.38 Å². The maximum Gasteiger partial charge on any atom is 0.263 e. The Kier molecular flexibility index (Phi) is 5.30. The molecule has 0 radical (unpaired) electrons. The van der Waals surface area contributed by atoms with Crippen LogP contribution in [0.2, 0.25) is 0 Å². The molecule has 2 aromatic carbocycles. The van der Waals surface area contributed by atoms with Gasteiger partial charge in [-0.3, -0.25) is 4.79 Å². The molecule has 2 heterocycles. The third-order valence-electron chi connectivity index (χ3n) is 4.84. The summed E-state index contributed by atoms with van der Waals surface area (Å²) in [6.45, 7) is 1.11. The van der Waals surface area contributed by atoms with E-state index in [-0.39, 0.29) is 15.7 Å². The molecule has 0 atom stereocenters. The average Bonchev–Trinajstić information content (AvgIpc) is 3.23. The summed E-state index contributed by atoms with van der Waals surface area (Å²) in [5.41, 5.74) is 3.16. The minimum absolute atomic E-state index is 0.0856. The molecule has 5 nitrogen and oxygen atoms in total. The minimum Gasteiger partial charge on any atom is -0.347 e. The standard InChI is InChI=1S/C21H20N2O3S2/c24-21(22-14-16-6-2-1-3-7-16)20-19(11-13-27-20)28(25,26)23-12-10-17-8-4-5-9-18(17)15-23/h1-9,11,13H,10,12,14-15H2,(H,22,24). The van der Waals surface area contributed by atoms with Crippen LogP contribution in [0.5, 0.6) is 0 Å². The first-order valence-corrected chi connectivity index (χ1v) is 11.3. The Morgan fingerprint density at radius 1 is 1.00 bits per heavy atom. The fourth-order valence-electron chi connectivity index (χ4n) is 3.34. The fourth-order valence-corrected chi connectivity index (χ4v) is 6.07. The molecule has 0 bridgehead atoms. The van der Waals surface area contributed by atoms with E-state index in [2.05, 4.69) is 5.32 Å². The Balaban J connectivity index is 1.53. The van der Waals surface area contributed by atoms with Crippen LogP contribution < -0.4 is 5.32 Å². The molecule has 7 heteroatoms. The smallest absolute Gasteiger partial charge is 0.263 e. The summed E-state index contributed by atoms with van der Waals surface area (Å²) in [5.74, 6) is -0.366. The molecule has 28 heavy (non-hydrogen) atoms. The first kappa shape index (κ1) is 18.9. The SMILES string of the molecule is O=C(NCc1ccccc1)c1sccc1S(=O)(=O)N1CCc2ccccc2C1. The second kappa shape index (κ2) is 7.87. The highest BCUT2D eigenvalue weighted by atomic mass is 32.2. The summed E-state index contributed by atoms with van der Waals surface area (Å²) < 4.78 is 27.9. The summed E-state index contributed by atoms with van der Waals surface area (Å²) in [7, 11) is -3.74. The third kappa shape index (κ3) is 3.73. The van der Waals surface area contributed by atoms with E-state index in [1.807, 2.05) is 54.6 Å². The Hall–Kier alpha value is -2.48. The molecule has 1 aliphatic heterocycles. The van der Waals surface area contributed by atoms with Crippen molar-refractivity contribution in [3.63, 3.8) is 0 Å². The van der Waals surface area contributed by atoms with Gasteiger partial charge in [0.2, 0.25) is 10.0 Å². The Bertz CT molecular complexity index is 1090. The number of hydrogen-bond donors (Lipinski definition) is 1. The maximum atomic E-state index is 13.2. The van der Waals surface area contributed by atoms with Crippen LogP contribution in [0.3, 0.4) is 0 Å². The lowest BCUT2D eigenvalue weighted by molar-refractivity contribution is 0.0952. The number of benzene rings is 2. The predicted octanol–water partition coefficient (Wildman–Crippen LogP) is 3.43. The van der Waals surface area contributed by atoms with Crippen molar-refractivity contribution < 1.29 is 13.2 Å². The highest BCUT2D eigenvalue weighted by Gasteiger charge is 2.32. The lowest BCUT2D eigenvalue weighted by Gasteiger charge is -2.28. The van der Waals surface area contributed by atoms with E-state index >= 15 is 0 Å². The molecule has 1 aliphatic rings. The number of thiophene rings is 1. The van der Waals surface area contributed by atoms with Crippen molar-refractivity contribution >= 4 is 27.3 Å². The van der Waals surface area contributed by atoms with Gasteiger partial charge in [0.25, 0.3) is 5.91 Å². The first-order valence-electron chi connectivity index (χ1n) is 9.02. The molecule has 1 N–H and O–H groups in total. The number of carbonyl (C=O) groups is 1.